The fourth-order valence-corrected chi connectivity index (χ4v) is 5.87. The number of hydrogen-bond donors (Lipinski definition) is 3. The van der Waals surface area contributed by atoms with Crippen LogP contribution in [0, 0.1) is 6.92 Å². The van der Waals surface area contributed by atoms with E-state index in [0.29, 0.717) is 11.3 Å². The van der Waals surface area contributed by atoms with Crippen LogP contribution in [0.25, 0.3) is 6.08 Å². The summed E-state index contributed by atoms with van der Waals surface area (Å²) in [5, 5.41) is 8.22. The lowest BCUT2D eigenvalue weighted by Gasteiger charge is -2.18. The van der Waals surface area contributed by atoms with Crippen LogP contribution in [0.1, 0.15) is 32.3 Å². The Bertz CT molecular complexity index is 1870. The quantitative estimate of drug-likeness (QED) is 0.101. The third-order valence-corrected chi connectivity index (χ3v) is 8.47. The number of rotatable bonds is 11. The van der Waals surface area contributed by atoms with Gasteiger partial charge in [-0.05, 0) is 84.3 Å². The molecular weight excluding hydrogens is 605 g/mol. The van der Waals surface area contributed by atoms with E-state index < -0.39 is 17.1 Å². The molecule has 0 fully saturated rings. The number of thioether (sulfide) groups is 1. The maximum Gasteiger partial charge on any atom is 0.272 e. The maximum absolute atomic E-state index is 13.7. The van der Waals surface area contributed by atoms with Gasteiger partial charge in [-0.2, -0.15) is 0 Å². The first-order valence-corrected chi connectivity index (χ1v) is 16.0. The molecule has 236 valence electrons. The number of carbonyl (C=O) groups excluding carboxylic acids is 3. The second kappa shape index (κ2) is 15.6. The smallest absolute Gasteiger partial charge is 0.272 e. The zero-order valence-electron chi connectivity index (χ0n) is 26.4. The van der Waals surface area contributed by atoms with Crippen LogP contribution < -0.4 is 20.9 Å². The van der Waals surface area contributed by atoms with Gasteiger partial charge in [0.15, 0.2) is 0 Å². The Morgan fingerprint density at radius 2 is 1.34 bits per heavy atom. The van der Waals surface area contributed by atoms with Crippen molar-refractivity contribution < 1.29 is 14.4 Å². The number of nitrogens with zero attached hydrogens (tertiary/aromatic N) is 1. The van der Waals surface area contributed by atoms with Gasteiger partial charge in [0, 0.05) is 41.6 Å². The van der Waals surface area contributed by atoms with E-state index in [1.165, 1.54) is 11.8 Å². The number of nitrogens with one attached hydrogen (secondary N) is 3. The monoisotopic (exact) mass is 640 g/mol. The van der Waals surface area contributed by atoms with Gasteiger partial charge in [0.2, 0.25) is 5.91 Å². The fourth-order valence-electron chi connectivity index (χ4n) is 4.79. The van der Waals surface area contributed by atoms with Crippen molar-refractivity contribution in [1.82, 2.24) is 5.32 Å². The molecule has 0 radical (unpaired) electrons. The van der Waals surface area contributed by atoms with E-state index in [1.54, 1.807) is 36.4 Å². The molecule has 0 aliphatic rings. The van der Waals surface area contributed by atoms with E-state index in [1.807, 2.05) is 129 Å². The summed E-state index contributed by atoms with van der Waals surface area (Å²) < 4.78 is 0. The first-order valence-electron chi connectivity index (χ1n) is 15.1. The van der Waals surface area contributed by atoms with Gasteiger partial charge in [0.1, 0.15) is 10.9 Å². The zero-order chi connectivity index (χ0) is 33.2. The number of hydrogen-bond acceptors (Lipinski definition) is 5. The molecule has 0 aromatic heterocycles. The summed E-state index contributed by atoms with van der Waals surface area (Å²) in [5.74, 6) is -1.04. The molecule has 3 N–H and O–H groups in total. The average Bonchev–Trinajstić information content (AvgIpc) is 3.08. The molecule has 3 amide bonds. The molecule has 7 nitrogen and oxygen atoms in total. The Morgan fingerprint density at radius 3 is 2.00 bits per heavy atom. The normalized spacial score (nSPS) is 11.7. The van der Waals surface area contributed by atoms with E-state index in [9.17, 15) is 14.4 Å². The lowest BCUT2D eigenvalue weighted by atomic mass is 10.1. The topological polar surface area (TPSA) is 90.5 Å². The van der Waals surface area contributed by atoms with E-state index in [-0.39, 0.29) is 11.6 Å². The summed E-state index contributed by atoms with van der Waals surface area (Å²) in [5.41, 5.74) is 5.44. The standard InChI is InChI=1S/C39H36N4O3S/c1-27-12-10-17-31(24-27)41-39(46)36(29-13-6-4-7-14-29)47-34-19-11-18-32(26-34)40-38(45)35(42-37(44)30-15-8-5-9-16-30)25-28-20-22-33(23-21-28)43(2)3/h4-26,36H,1-3H3,(H,40,45)(H,41,46)(H,42,44)/b35-25+. The highest BCUT2D eigenvalue weighted by atomic mass is 32.2. The van der Waals surface area contributed by atoms with Crippen LogP contribution in [-0.2, 0) is 9.59 Å². The van der Waals surface area contributed by atoms with Gasteiger partial charge in [-0.1, -0.05) is 78.9 Å². The fraction of sp³-hybridized carbons (Fsp3) is 0.103. The molecule has 5 aromatic carbocycles. The van der Waals surface area contributed by atoms with Crippen LogP contribution in [0.5, 0.6) is 0 Å². The molecule has 1 unspecified atom stereocenters. The largest absolute Gasteiger partial charge is 0.378 e. The number of benzene rings is 5. The molecule has 5 aromatic rings. The highest BCUT2D eigenvalue weighted by Gasteiger charge is 2.23. The minimum Gasteiger partial charge on any atom is -0.378 e. The van der Waals surface area contributed by atoms with Crippen LogP contribution in [0.4, 0.5) is 17.1 Å². The van der Waals surface area contributed by atoms with E-state index >= 15 is 0 Å². The number of aryl methyl sites for hydroxylation is 1. The molecule has 0 bridgehead atoms. The van der Waals surface area contributed by atoms with Crippen molar-refractivity contribution in [2.75, 3.05) is 29.6 Å². The van der Waals surface area contributed by atoms with Gasteiger partial charge < -0.3 is 20.9 Å². The van der Waals surface area contributed by atoms with Crippen molar-refractivity contribution in [3.8, 4) is 0 Å². The number of anilines is 3. The van der Waals surface area contributed by atoms with Gasteiger partial charge in [-0.3, -0.25) is 14.4 Å². The first kappa shape index (κ1) is 32.8. The van der Waals surface area contributed by atoms with Gasteiger partial charge in [-0.25, -0.2) is 0 Å². The second-order valence-corrected chi connectivity index (χ2v) is 12.3. The Balaban J connectivity index is 1.38. The van der Waals surface area contributed by atoms with Gasteiger partial charge in [0.25, 0.3) is 11.8 Å². The predicted octanol–water partition coefficient (Wildman–Crippen LogP) is 7.94. The highest BCUT2D eigenvalue weighted by molar-refractivity contribution is 8.00. The summed E-state index contributed by atoms with van der Waals surface area (Å²) in [4.78, 5) is 43.1. The lowest BCUT2D eigenvalue weighted by molar-refractivity contribution is -0.116. The summed E-state index contributed by atoms with van der Waals surface area (Å²) in [7, 11) is 3.91. The van der Waals surface area contributed by atoms with Crippen molar-refractivity contribution in [2.24, 2.45) is 0 Å². The Morgan fingerprint density at radius 1 is 0.702 bits per heavy atom. The summed E-state index contributed by atoms with van der Waals surface area (Å²) in [6.45, 7) is 1.98. The minimum absolute atomic E-state index is 0.0919. The molecule has 0 heterocycles. The van der Waals surface area contributed by atoms with Crippen LogP contribution in [-0.4, -0.2) is 31.8 Å². The van der Waals surface area contributed by atoms with Gasteiger partial charge in [0.05, 0.1) is 0 Å². The van der Waals surface area contributed by atoms with Crippen molar-refractivity contribution in [3.63, 3.8) is 0 Å². The van der Waals surface area contributed by atoms with E-state index in [0.717, 1.165) is 33.0 Å². The number of carbonyl (C=O) groups is 3. The third kappa shape index (κ3) is 9.22. The van der Waals surface area contributed by atoms with Crippen LogP contribution in [0.2, 0.25) is 0 Å². The summed E-state index contributed by atoms with van der Waals surface area (Å²) in [6.07, 6.45) is 1.65. The van der Waals surface area contributed by atoms with E-state index in [4.69, 9.17) is 0 Å². The van der Waals surface area contributed by atoms with Gasteiger partial charge in [-0.15, -0.1) is 11.8 Å². The molecule has 0 saturated carbocycles. The third-order valence-electron chi connectivity index (χ3n) is 7.22. The van der Waals surface area contributed by atoms with Crippen molar-refractivity contribution >= 4 is 52.6 Å². The van der Waals surface area contributed by atoms with Crippen molar-refractivity contribution in [3.05, 3.63) is 161 Å². The Hall–Kier alpha value is -5.60. The summed E-state index contributed by atoms with van der Waals surface area (Å²) >= 11 is 1.39. The summed E-state index contributed by atoms with van der Waals surface area (Å²) in [6, 6.07) is 41.0. The molecular formula is C39H36N4O3S. The molecule has 8 heteroatoms. The Kier molecular flexibility index (Phi) is 10.9. The Labute approximate surface area is 279 Å². The molecule has 0 saturated heterocycles. The SMILES string of the molecule is Cc1cccc(NC(=O)C(Sc2cccc(NC(=O)/C(=C\c3ccc(N(C)C)cc3)NC(=O)c3ccccc3)c2)c2ccccc2)c1. The molecule has 0 aliphatic heterocycles. The molecule has 0 spiro atoms. The van der Waals surface area contributed by atoms with Crippen LogP contribution in [0.3, 0.4) is 0 Å². The molecule has 5 rings (SSSR count). The zero-order valence-corrected chi connectivity index (χ0v) is 27.3. The van der Waals surface area contributed by atoms with Gasteiger partial charge >= 0.3 is 0 Å². The molecule has 0 aliphatic carbocycles. The van der Waals surface area contributed by atoms with Crippen molar-refractivity contribution in [2.45, 2.75) is 17.1 Å². The van der Waals surface area contributed by atoms with Crippen LogP contribution in [0.15, 0.2) is 144 Å². The minimum atomic E-state index is -0.548. The maximum atomic E-state index is 13.7. The van der Waals surface area contributed by atoms with Crippen molar-refractivity contribution in [1.29, 1.82) is 0 Å². The van der Waals surface area contributed by atoms with E-state index in [2.05, 4.69) is 16.0 Å². The predicted molar refractivity (Wildman–Crippen MR) is 193 cm³/mol. The second-order valence-electron chi connectivity index (χ2n) is 11.1. The molecule has 47 heavy (non-hydrogen) atoms. The average molecular weight is 641 g/mol. The first-order chi connectivity index (χ1) is 22.7. The molecule has 1 atom stereocenters. The van der Waals surface area contributed by atoms with Crippen LogP contribution >= 0.6 is 11.8 Å². The number of amides is 3. The lowest BCUT2D eigenvalue weighted by Crippen LogP contribution is -2.30. The highest BCUT2D eigenvalue weighted by Crippen LogP contribution is 2.37.